The van der Waals surface area contributed by atoms with Gasteiger partial charge in [-0.05, 0) is 12.3 Å². The Bertz CT molecular complexity index is 267. The van der Waals surface area contributed by atoms with E-state index in [0.717, 1.165) is 19.4 Å². The SMILES string of the molecule is CCCCCCCC(=O)N(CCC(N)=S)CC(C)C. The third-order valence-corrected chi connectivity index (χ3v) is 3.26. The van der Waals surface area contributed by atoms with Crippen LogP contribution in [0.15, 0.2) is 0 Å². The highest BCUT2D eigenvalue weighted by molar-refractivity contribution is 7.80. The van der Waals surface area contributed by atoms with Gasteiger partial charge in [-0.25, -0.2) is 0 Å². The highest BCUT2D eigenvalue weighted by Gasteiger charge is 2.14. The fourth-order valence-corrected chi connectivity index (χ4v) is 2.13. The van der Waals surface area contributed by atoms with Crippen molar-refractivity contribution in [2.24, 2.45) is 11.7 Å². The van der Waals surface area contributed by atoms with Crippen LogP contribution in [0.3, 0.4) is 0 Å². The van der Waals surface area contributed by atoms with Gasteiger partial charge in [0.05, 0.1) is 4.99 Å². The number of thiocarbonyl (C=S) groups is 1. The van der Waals surface area contributed by atoms with Gasteiger partial charge in [0.2, 0.25) is 5.91 Å². The van der Waals surface area contributed by atoms with Gasteiger partial charge in [-0.3, -0.25) is 4.79 Å². The molecule has 0 atom stereocenters. The molecule has 0 fully saturated rings. The lowest BCUT2D eigenvalue weighted by Gasteiger charge is -2.24. The predicted molar refractivity (Wildman–Crippen MR) is 86.2 cm³/mol. The number of unbranched alkanes of at least 4 members (excludes halogenated alkanes) is 4. The average Bonchev–Trinajstić information content (AvgIpc) is 2.33. The van der Waals surface area contributed by atoms with E-state index in [1.807, 2.05) is 4.90 Å². The minimum atomic E-state index is 0.251. The summed E-state index contributed by atoms with van der Waals surface area (Å²) in [5.41, 5.74) is 5.52. The summed E-state index contributed by atoms with van der Waals surface area (Å²) in [5, 5.41) is 0. The molecule has 4 heteroatoms. The minimum Gasteiger partial charge on any atom is -0.393 e. The van der Waals surface area contributed by atoms with Crippen molar-refractivity contribution in [2.45, 2.75) is 65.7 Å². The van der Waals surface area contributed by atoms with Gasteiger partial charge in [-0.15, -0.1) is 0 Å². The first-order valence-electron chi connectivity index (χ1n) is 7.53. The first-order valence-corrected chi connectivity index (χ1v) is 7.94. The average molecular weight is 286 g/mol. The Hall–Kier alpha value is -0.640. The van der Waals surface area contributed by atoms with Crippen molar-refractivity contribution < 1.29 is 4.79 Å². The predicted octanol–water partition coefficient (Wildman–Crippen LogP) is 3.51. The first kappa shape index (κ1) is 18.4. The molecule has 1 amide bonds. The number of nitrogens with zero attached hydrogens (tertiary/aromatic N) is 1. The number of rotatable bonds is 11. The van der Waals surface area contributed by atoms with Crippen molar-refractivity contribution in [2.75, 3.05) is 13.1 Å². The third-order valence-electron chi connectivity index (χ3n) is 3.06. The van der Waals surface area contributed by atoms with Gasteiger partial charge in [-0.2, -0.15) is 0 Å². The summed E-state index contributed by atoms with van der Waals surface area (Å²) in [7, 11) is 0. The van der Waals surface area contributed by atoms with Gasteiger partial charge in [0.1, 0.15) is 0 Å². The maximum Gasteiger partial charge on any atom is 0.222 e. The van der Waals surface area contributed by atoms with Crippen molar-refractivity contribution in [3.05, 3.63) is 0 Å². The Kier molecular flexibility index (Phi) is 10.8. The summed E-state index contributed by atoms with van der Waals surface area (Å²) in [6.07, 6.45) is 7.19. The van der Waals surface area contributed by atoms with Gasteiger partial charge in [0.15, 0.2) is 0 Å². The van der Waals surface area contributed by atoms with Crippen LogP contribution in [0.5, 0.6) is 0 Å². The van der Waals surface area contributed by atoms with Crippen molar-refractivity contribution in [3.63, 3.8) is 0 Å². The molecule has 19 heavy (non-hydrogen) atoms. The topological polar surface area (TPSA) is 46.3 Å². The van der Waals surface area contributed by atoms with E-state index in [0.29, 0.717) is 30.3 Å². The Morgan fingerprint density at radius 2 is 1.79 bits per heavy atom. The second-order valence-corrected chi connectivity index (χ2v) is 6.14. The van der Waals surface area contributed by atoms with E-state index in [-0.39, 0.29) is 5.91 Å². The zero-order valence-electron chi connectivity index (χ0n) is 12.8. The maximum absolute atomic E-state index is 12.2. The van der Waals surface area contributed by atoms with Gasteiger partial charge in [0, 0.05) is 25.9 Å². The largest absolute Gasteiger partial charge is 0.393 e. The highest BCUT2D eigenvalue weighted by atomic mass is 32.1. The number of carbonyl (C=O) groups is 1. The Labute approximate surface area is 123 Å². The fraction of sp³-hybridized carbons (Fsp3) is 0.867. The molecule has 0 spiro atoms. The third kappa shape index (κ3) is 10.9. The smallest absolute Gasteiger partial charge is 0.222 e. The molecule has 0 saturated heterocycles. The molecule has 0 unspecified atom stereocenters. The van der Waals surface area contributed by atoms with Crippen molar-refractivity contribution in [1.82, 2.24) is 4.90 Å². The van der Waals surface area contributed by atoms with E-state index >= 15 is 0 Å². The molecule has 2 N–H and O–H groups in total. The normalized spacial score (nSPS) is 10.7. The minimum absolute atomic E-state index is 0.251. The van der Waals surface area contributed by atoms with Crippen LogP contribution in [0.2, 0.25) is 0 Å². The molecule has 0 aliphatic rings. The van der Waals surface area contributed by atoms with Crippen molar-refractivity contribution >= 4 is 23.1 Å². The summed E-state index contributed by atoms with van der Waals surface area (Å²) in [6, 6.07) is 0. The van der Waals surface area contributed by atoms with Gasteiger partial charge in [-0.1, -0.05) is 58.7 Å². The van der Waals surface area contributed by atoms with Crippen LogP contribution in [0.1, 0.15) is 65.7 Å². The summed E-state index contributed by atoms with van der Waals surface area (Å²) >= 11 is 4.89. The summed E-state index contributed by atoms with van der Waals surface area (Å²) in [4.78, 5) is 14.6. The van der Waals surface area contributed by atoms with Crippen LogP contribution in [-0.4, -0.2) is 28.9 Å². The number of hydrogen-bond donors (Lipinski definition) is 1. The molecule has 0 heterocycles. The van der Waals surface area contributed by atoms with Crippen LogP contribution < -0.4 is 5.73 Å². The van der Waals surface area contributed by atoms with E-state index in [2.05, 4.69) is 20.8 Å². The molecule has 0 aromatic carbocycles. The zero-order chi connectivity index (χ0) is 14.7. The van der Waals surface area contributed by atoms with E-state index in [1.54, 1.807) is 0 Å². The Morgan fingerprint density at radius 3 is 2.32 bits per heavy atom. The van der Waals surface area contributed by atoms with Crippen LogP contribution in [0.4, 0.5) is 0 Å². The molecular formula is C15H30N2OS. The van der Waals surface area contributed by atoms with Crippen LogP contribution in [0.25, 0.3) is 0 Å². The summed E-state index contributed by atoms with van der Waals surface area (Å²) in [5.74, 6) is 0.733. The molecule has 0 radical (unpaired) electrons. The molecule has 0 aliphatic heterocycles. The molecule has 112 valence electrons. The van der Waals surface area contributed by atoms with E-state index in [4.69, 9.17) is 18.0 Å². The molecule has 0 aromatic heterocycles. The Balaban J connectivity index is 4.03. The Morgan fingerprint density at radius 1 is 1.16 bits per heavy atom. The maximum atomic E-state index is 12.2. The van der Waals surface area contributed by atoms with Gasteiger partial charge in [0.25, 0.3) is 0 Å². The quantitative estimate of drug-likeness (QED) is 0.467. The van der Waals surface area contributed by atoms with E-state index in [1.165, 1.54) is 19.3 Å². The van der Waals surface area contributed by atoms with Crippen molar-refractivity contribution in [1.29, 1.82) is 0 Å². The first-order chi connectivity index (χ1) is 8.97. The van der Waals surface area contributed by atoms with Crippen LogP contribution in [0, 0.1) is 5.92 Å². The van der Waals surface area contributed by atoms with E-state index in [9.17, 15) is 4.79 Å². The number of nitrogens with two attached hydrogens (primary N) is 1. The highest BCUT2D eigenvalue weighted by Crippen LogP contribution is 2.09. The second-order valence-electron chi connectivity index (χ2n) is 5.61. The number of carbonyl (C=O) groups excluding carboxylic acids is 1. The molecule has 0 rings (SSSR count). The van der Waals surface area contributed by atoms with Crippen LogP contribution in [-0.2, 0) is 4.79 Å². The zero-order valence-corrected chi connectivity index (χ0v) is 13.6. The van der Waals surface area contributed by atoms with Crippen molar-refractivity contribution in [3.8, 4) is 0 Å². The molecule has 0 aromatic rings. The van der Waals surface area contributed by atoms with Gasteiger partial charge >= 0.3 is 0 Å². The number of amides is 1. The fourth-order valence-electron chi connectivity index (χ4n) is 2.04. The number of hydrogen-bond acceptors (Lipinski definition) is 2. The molecule has 3 nitrogen and oxygen atoms in total. The summed E-state index contributed by atoms with van der Waals surface area (Å²) in [6.45, 7) is 7.92. The van der Waals surface area contributed by atoms with Gasteiger partial charge < -0.3 is 10.6 Å². The molecule has 0 aliphatic carbocycles. The molecule has 0 saturated carbocycles. The monoisotopic (exact) mass is 286 g/mol. The standard InChI is InChI=1S/C15H30N2OS/c1-4-5-6-7-8-9-15(18)17(12-13(2)3)11-10-14(16)19/h13H,4-12H2,1-3H3,(H2,16,19). The lowest BCUT2D eigenvalue weighted by Crippen LogP contribution is -2.36. The lowest BCUT2D eigenvalue weighted by atomic mass is 10.1. The second kappa shape index (κ2) is 11.2. The molecule has 0 bridgehead atoms. The van der Waals surface area contributed by atoms with E-state index < -0.39 is 0 Å². The lowest BCUT2D eigenvalue weighted by molar-refractivity contribution is -0.131. The summed E-state index contributed by atoms with van der Waals surface area (Å²) < 4.78 is 0. The molecular weight excluding hydrogens is 256 g/mol. The van der Waals surface area contributed by atoms with Crippen LogP contribution >= 0.6 is 12.2 Å².